The monoisotopic (exact) mass is 369 g/mol. The number of aromatic nitrogens is 2. The normalized spacial score (nSPS) is 10.2. The van der Waals surface area contributed by atoms with Crippen LogP contribution in [0.5, 0.6) is 0 Å². The third kappa shape index (κ3) is 4.24. The minimum atomic E-state index is -1.11. The van der Waals surface area contributed by atoms with E-state index in [1.165, 1.54) is 24.5 Å². The Bertz CT molecular complexity index is 692. The lowest BCUT2D eigenvalue weighted by Gasteiger charge is -2.07. The van der Waals surface area contributed by atoms with Crippen LogP contribution in [0.1, 0.15) is 16.1 Å². The Hall–Kier alpha value is -1.99. The maximum atomic E-state index is 11.9. The van der Waals surface area contributed by atoms with Crippen molar-refractivity contribution < 1.29 is 14.7 Å². The molecule has 0 spiro atoms. The summed E-state index contributed by atoms with van der Waals surface area (Å²) in [6.45, 7) is 0. The number of pyridine rings is 2. The number of hydrogen-bond donors (Lipinski definition) is 2. The molecule has 0 radical (unpaired) electrons. The van der Waals surface area contributed by atoms with Crippen LogP contribution in [0.4, 0.5) is 5.69 Å². The van der Waals surface area contributed by atoms with Gasteiger partial charge in [0.1, 0.15) is 5.69 Å². The highest BCUT2D eigenvalue weighted by Gasteiger charge is 2.10. The summed E-state index contributed by atoms with van der Waals surface area (Å²) in [4.78, 5) is 30.2. The first-order valence-corrected chi connectivity index (χ1v) is 6.92. The standard InChI is InChI=1S/C13H9BrClN3O3/c14-8-4-10(12(15)17-6-8)18-11(19)3-7-1-2-9(13(20)21)16-5-7/h1-2,4-6H,3H2,(H,18,19)(H,20,21). The number of rotatable bonds is 4. The Kier molecular flexibility index (Phi) is 4.87. The lowest BCUT2D eigenvalue weighted by atomic mass is 10.2. The third-order valence-corrected chi connectivity index (χ3v) is 3.22. The summed E-state index contributed by atoms with van der Waals surface area (Å²) in [6.07, 6.45) is 2.92. The van der Waals surface area contributed by atoms with Gasteiger partial charge in [0.25, 0.3) is 0 Å². The number of aromatic carboxylic acids is 1. The van der Waals surface area contributed by atoms with Gasteiger partial charge in [-0.15, -0.1) is 0 Å². The molecule has 8 heteroatoms. The average Bonchev–Trinajstić information content (AvgIpc) is 2.43. The van der Waals surface area contributed by atoms with Gasteiger partial charge in [-0.05, 0) is 33.6 Å². The summed E-state index contributed by atoms with van der Waals surface area (Å²) in [6, 6.07) is 4.52. The number of carbonyl (C=O) groups is 2. The second kappa shape index (κ2) is 6.64. The molecule has 2 aromatic rings. The van der Waals surface area contributed by atoms with Gasteiger partial charge in [0.2, 0.25) is 5.91 Å². The number of nitrogens with one attached hydrogen (secondary N) is 1. The van der Waals surface area contributed by atoms with Crippen LogP contribution < -0.4 is 5.32 Å². The van der Waals surface area contributed by atoms with Crippen molar-refractivity contribution in [3.63, 3.8) is 0 Å². The molecule has 0 bridgehead atoms. The Balaban J connectivity index is 2.04. The molecule has 108 valence electrons. The fraction of sp³-hybridized carbons (Fsp3) is 0.0769. The number of carbonyl (C=O) groups excluding carboxylic acids is 1. The van der Waals surface area contributed by atoms with Crippen LogP contribution in [0.2, 0.25) is 5.15 Å². The zero-order chi connectivity index (χ0) is 15.4. The molecule has 0 atom stereocenters. The number of halogens is 2. The van der Waals surface area contributed by atoms with Crippen molar-refractivity contribution in [3.05, 3.63) is 51.5 Å². The van der Waals surface area contributed by atoms with E-state index < -0.39 is 5.97 Å². The van der Waals surface area contributed by atoms with Crippen LogP contribution in [0.15, 0.2) is 35.1 Å². The van der Waals surface area contributed by atoms with Crippen LogP contribution >= 0.6 is 27.5 Å². The predicted octanol–water partition coefficient (Wildman–Crippen LogP) is 2.77. The molecule has 2 aromatic heterocycles. The largest absolute Gasteiger partial charge is 0.477 e. The number of carboxylic acids is 1. The van der Waals surface area contributed by atoms with Crippen molar-refractivity contribution in [2.24, 2.45) is 0 Å². The van der Waals surface area contributed by atoms with Gasteiger partial charge >= 0.3 is 5.97 Å². The molecule has 6 nitrogen and oxygen atoms in total. The molecule has 2 rings (SSSR count). The number of carboxylic acid groups (broad SMARTS) is 1. The van der Waals surface area contributed by atoms with E-state index in [0.29, 0.717) is 15.7 Å². The van der Waals surface area contributed by atoms with Crippen LogP contribution in [-0.4, -0.2) is 27.0 Å². The van der Waals surface area contributed by atoms with E-state index in [9.17, 15) is 9.59 Å². The van der Waals surface area contributed by atoms with E-state index in [1.807, 2.05) is 0 Å². The SMILES string of the molecule is O=C(Cc1ccc(C(=O)O)nc1)Nc1cc(Br)cnc1Cl. The molecular formula is C13H9BrClN3O3. The fourth-order valence-corrected chi connectivity index (χ4v) is 2.03. The molecule has 0 saturated heterocycles. The maximum Gasteiger partial charge on any atom is 0.354 e. The minimum absolute atomic E-state index is 0.0513. The van der Waals surface area contributed by atoms with Crippen molar-refractivity contribution in [1.29, 1.82) is 0 Å². The maximum absolute atomic E-state index is 11.9. The first-order chi connectivity index (χ1) is 9.95. The van der Waals surface area contributed by atoms with Gasteiger partial charge in [-0.1, -0.05) is 17.7 Å². The van der Waals surface area contributed by atoms with Gasteiger partial charge in [-0.25, -0.2) is 14.8 Å². The summed E-state index contributed by atoms with van der Waals surface area (Å²) in [5.41, 5.74) is 0.918. The molecule has 0 aliphatic rings. The van der Waals surface area contributed by atoms with E-state index in [2.05, 4.69) is 31.2 Å². The molecule has 2 N–H and O–H groups in total. The van der Waals surface area contributed by atoms with Crippen LogP contribution in [0, 0.1) is 0 Å². The second-order valence-corrected chi connectivity index (χ2v) is 5.35. The van der Waals surface area contributed by atoms with E-state index in [-0.39, 0.29) is 23.2 Å². The highest BCUT2D eigenvalue weighted by molar-refractivity contribution is 9.10. The van der Waals surface area contributed by atoms with Crippen LogP contribution in [-0.2, 0) is 11.2 Å². The van der Waals surface area contributed by atoms with E-state index in [0.717, 1.165) is 0 Å². The summed E-state index contributed by atoms with van der Waals surface area (Å²) in [5.74, 6) is -1.42. The summed E-state index contributed by atoms with van der Waals surface area (Å²) in [5, 5.41) is 11.6. The average molecular weight is 371 g/mol. The topological polar surface area (TPSA) is 92.2 Å². The van der Waals surface area contributed by atoms with Crippen molar-refractivity contribution >= 4 is 45.1 Å². The molecule has 0 fully saturated rings. The first kappa shape index (κ1) is 15.4. The molecule has 0 aliphatic heterocycles. The molecule has 0 unspecified atom stereocenters. The first-order valence-electron chi connectivity index (χ1n) is 5.75. The molecule has 0 aromatic carbocycles. The smallest absolute Gasteiger partial charge is 0.354 e. The summed E-state index contributed by atoms with van der Waals surface area (Å²) >= 11 is 9.11. The van der Waals surface area contributed by atoms with Gasteiger partial charge in [-0.3, -0.25) is 4.79 Å². The molecule has 2 heterocycles. The van der Waals surface area contributed by atoms with Gasteiger partial charge in [0, 0.05) is 16.9 Å². The quantitative estimate of drug-likeness (QED) is 0.807. The molecule has 1 amide bonds. The second-order valence-electron chi connectivity index (χ2n) is 4.07. The fourth-order valence-electron chi connectivity index (χ4n) is 1.55. The lowest BCUT2D eigenvalue weighted by molar-refractivity contribution is -0.115. The Morgan fingerprint density at radius 2 is 2.05 bits per heavy atom. The highest BCUT2D eigenvalue weighted by Crippen LogP contribution is 2.23. The molecule has 21 heavy (non-hydrogen) atoms. The Labute approximate surface area is 133 Å². The van der Waals surface area contributed by atoms with E-state index in [4.69, 9.17) is 16.7 Å². The lowest BCUT2D eigenvalue weighted by Crippen LogP contribution is -2.15. The Morgan fingerprint density at radius 3 is 2.67 bits per heavy atom. The van der Waals surface area contributed by atoms with Crippen LogP contribution in [0.25, 0.3) is 0 Å². The number of hydrogen-bond acceptors (Lipinski definition) is 4. The van der Waals surface area contributed by atoms with Crippen molar-refractivity contribution in [1.82, 2.24) is 9.97 Å². The molecule has 0 saturated carbocycles. The summed E-state index contributed by atoms with van der Waals surface area (Å²) < 4.78 is 0.690. The van der Waals surface area contributed by atoms with Gasteiger partial charge in [-0.2, -0.15) is 0 Å². The van der Waals surface area contributed by atoms with Crippen molar-refractivity contribution in [2.75, 3.05) is 5.32 Å². The number of amides is 1. The summed E-state index contributed by atoms with van der Waals surface area (Å²) in [7, 11) is 0. The van der Waals surface area contributed by atoms with Crippen molar-refractivity contribution in [3.8, 4) is 0 Å². The molecular weight excluding hydrogens is 362 g/mol. The van der Waals surface area contributed by atoms with Gasteiger partial charge in [0.15, 0.2) is 5.15 Å². The molecule has 0 aliphatic carbocycles. The van der Waals surface area contributed by atoms with E-state index >= 15 is 0 Å². The van der Waals surface area contributed by atoms with Crippen LogP contribution in [0.3, 0.4) is 0 Å². The Morgan fingerprint density at radius 1 is 1.29 bits per heavy atom. The number of nitrogens with zero attached hydrogens (tertiary/aromatic N) is 2. The van der Waals surface area contributed by atoms with E-state index in [1.54, 1.807) is 6.07 Å². The highest BCUT2D eigenvalue weighted by atomic mass is 79.9. The zero-order valence-corrected chi connectivity index (χ0v) is 12.8. The van der Waals surface area contributed by atoms with Crippen molar-refractivity contribution in [2.45, 2.75) is 6.42 Å². The zero-order valence-electron chi connectivity index (χ0n) is 10.5. The minimum Gasteiger partial charge on any atom is -0.477 e. The predicted molar refractivity (Wildman–Crippen MR) is 80.5 cm³/mol. The number of anilines is 1. The third-order valence-electron chi connectivity index (χ3n) is 2.49. The van der Waals surface area contributed by atoms with Gasteiger partial charge < -0.3 is 10.4 Å². The van der Waals surface area contributed by atoms with Gasteiger partial charge in [0.05, 0.1) is 12.1 Å².